The summed E-state index contributed by atoms with van der Waals surface area (Å²) in [6.07, 6.45) is 2.04. The minimum atomic E-state index is -1.44. The molecular weight excluding hydrogens is 667 g/mol. The quantitative estimate of drug-likeness (QED) is 0.209. The van der Waals surface area contributed by atoms with Crippen LogP contribution in [-0.2, 0) is 30.6 Å². The zero-order valence-corrected chi connectivity index (χ0v) is 27.8. The predicted octanol–water partition coefficient (Wildman–Crippen LogP) is 5.86. The summed E-state index contributed by atoms with van der Waals surface area (Å²) in [5.74, 6) is -7.47. The van der Waals surface area contributed by atoms with Crippen molar-refractivity contribution < 1.29 is 43.3 Å². The summed E-state index contributed by atoms with van der Waals surface area (Å²) in [5, 5.41) is 20.4. The Morgan fingerprint density at radius 3 is 2.46 bits per heavy atom. The van der Waals surface area contributed by atoms with E-state index >= 15 is 0 Å². The molecule has 2 aliphatic heterocycles. The van der Waals surface area contributed by atoms with Crippen LogP contribution in [0.25, 0.3) is 0 Å². The molecule has 0 spiro atoms. The van der Waals surface area contributed by atoms with E-state index in [2.05, 4.69) is 0 Å². The smallest absolute Gasteiger partial charge is 0.303 e. The van der Waals surface area contributed by atoms with Crippen molar-refractivity contribution in [3.8, 4) is 11.5 Å². The summed E-state index contributed by atoms with van der Waals surface area (Å²) in [6.45, 7) is 1.89. The molecule has 2 N–H and O–H groups in total. The van der Waals surface area contributed by atoms with Crippen molar-refractivity contribution >= 4 is 46.9 Å². The van der Waals surface area contributed by atoms with Gasteiger partial charge in [0.15, 0.2) is 0 Å². The molecule has 7 rings (SSSR count). The van der Waals surface area contributed by atoms with Gasteiger partial charge < -0.3 is 14.9 Å². The van der Waals surface area contributed by atoms with Gasteiger partial charge in [0, 0.05) is 30.5 Å². The standard InChI is InChI=1S/C38H34ClFN2O8/c1-38-27(35(47)42(37(38)49)21-9-14-29(40)28(39)16-21)18-26-23(12-13-25-32(26)36(48)41(34(25)46)15-5-8-31(44)45)33(38)24-11-10-22(17-30(24)43)50-19-20-6-3-2-4-7-20/h2-4,6-7,9-12,14,16-17,25-27,32-33,43H,5,8,13,15,18-19H2,1H3,(H,44,45)/t25-,26+,27-,32-,33+,38+/m0/s1. The van der Waals surface area contributed by atoms with Crippen molar-refractivity contribution in [2.45, 2.75) is 45.1 Å². The summed E-state index contributed by atoms with van der Waals surface area (Å²) < 4.78 is 20.1. The fraction of sp³-hybridized carbons (Fsp3) is 0.342. The Morgan fingerprint density at radius 1 is 1.00 bits per heavy atom. The van der Waals surface area contributed by atoms with E-state index in [1.54, 1.807) is 19.1 Å². The third kappa shape index (κ3) is 5.35. The topological polar surface area (TPSA) is 142 Å². The molecule has 0 unspecified atom stereocenters. The Labute approximate surface area is 292 Å². The number of phenols is 1. The van der Waals surface area contributed by atoms with Gasteiger partial charge in [-0.1, -0.05) is 59.6 Å². The number of nitrogens with zero attached hydrogens (tertiary/aromatic N) is 2. The van der Waals surface area contributed by atoms with Crippen molar-refractivity contribution in [1.29, 1.82) is 0 Å². The van der Waals surface area contributed by atoms with E-state index in [-0.39, 0.29) is 61.2 Å². The van der Waals surface area contributed by atoms with E-state index < -0.39 is 64.5 Å². The molecule has 4 amide bonds. The molecular formula is C38H34ClFN2O8. The average Bonchev–Trinajstić information content (AvgIpc) is 3.45. The summed E-state index contributed by atoms with van der Waals surface area (Å²) >= 11 is 6.07. The van der Waals surface area contributed by atoms with Crippen LogP contribution in [0.15, 0.2) is 78.4 Å². The van der Waals surface area contributed by atoms with E-state index in [1.807, 2.05) is 36.4 Å². The number of carboxylic acids is 1. The van der Waals surface area contributed by atoms with Gasteiger partial charge in [-0.25, -0.2) is 9.29 Å². The maximum Gasteiger partial charge on any atom is 0.303 e. The van der Waals surface area contributed by atoms with Crippen LogP contribution in [-0.4, -0.2) is 51.3 Å². The molecule has 0 aromatic heterocycles. The van der Waals surface area contributed by atoms with E-state index in [0.29, 0.717) is 16.9 Å². The highest BCUT2D eigenvalue weighted by Gasteiger charge is 2.67. The Balaban J connectivity index is 1.29. The number of benzene rings is 3. The first-order valence-electron chi connectivity index (χ1n) is 16.5. The summed E-state index contributed by atoms with van der Waals surface area (Å²) in [5.41, 5.74) is 0.610. The van der Waals surface area contributed by atoms with Crippen molar-refractivity contribution in [3.63, 3.8) is 0 Å². The lowest BCUT2D eigenvalue weighted by atomic mass is 9.51. The Bertz CT molecular complexity index is 1970. The zero-order chi connectivity index (χ0) is 35.5. The Kier molecular flexibility index (Phi) is 8.50. The monoisotopic (exact) mass is 700 g/mol. The molecule has 10 nitrogen and oxygen atoms in total. The van der Waals surface area contributed by atoms with Crippen molar-refractivity contribution in [1.82, 2.24) is 4.90 Å². The number of halogens is 2. The van der Waals surface area contributed by atoms with Crippen molar-refractivity contribution in [2.24, 2.45) is 29.1 Å². The number of fused-ring (bicyclic) bond motifs is 4. The number of rotatable bonds is 9. The van der Waals surface area contributed by atoms with Gasteiger partial charge in [-0.05, 0) is 61.9 Å². The van der Waals surface area contributed by atoms with Crippen molar-refractivity contribution in [2.75, 3.05) is 11.4 Å². The van der Waals surface area contributed by atoms with Gasteiger partial charge in [-0.3, -0.25) is 28.9 Å². The van der Waals surface area contributed by atoms with Crippen LogP contribution < -0.4 is 9.64 Å². The summed E-state index contributed by atoms with van der Waals surface area (Å²) in [4.78, 5) is 69.6. The van der Waals surface area contributed by atoms with Gasteiger partial charge in [-0.2, -0.15) is 0 Å². The number of hydrogen-bond donors (Lipinski definition) is 2. The van der Waals surface area contributed by atoms with Crippen molar-refractivity contribution in [3.05, 3.63) is 100 Å². The number of aromatic hydroxyl groups is 1. The third-order valence-electron chi connectivity index (χ3n) is 10.9. The minimum Gasteiger partial charge on any atom is -0.508 e. The number of likely N-dealkylation sites (tertiary alicyclic amines) is 1. The molecule has 3 fully saturated rings. The van der Waals surface area contributed by atoms with Crippen LogP contribution in [0.4, 0.5) is 10.1 Å². The molecule has 2 saturated heterocycles. The highest BCUT2D eigenvalue weighted by molar-refractivity contribution is 6.31. The van der Waals surface area contributed by atoms with E-state index in [9.17, 15) is 33.5 Å². The number of aliphatic carboxylic acids is 1. The molecule has 50 heavy (non-hydrogen) atoms. The summed E-state index contributed by atoms with van der Waals surface area (Å²) in [6, 6.07) is 17.9. The SMILES string of the molecule is C[C@@]12C(=O)N(c3ccc(F)c(Cl)c3)C(=O)[C@@H]1C[C@@H]1C(=CC[C@@H]3C(=O)N(CCCC(=O)O)C(=O)[C@@H]31)[C@@H]2c1ccc(OCc2ccccc2)cc1O. The predicted molar refractivity (Wildman–Crippen MR) is 178 cm³/mol. The maximum absolute atomic E-state index is 14.6. The zero-order valence-electron chi connectivity index (χ0n) is 27.1. The molecule has 2 aliphatic carbocycles. The van der Waals surface area contributed by atoms with Crippen LogP contribution in [0.1, 0.15) is 49.7 Å². The lowest BCUT2D eigenvalue weighted by molar-refractivity contribution is -0.142. The highest BCUT2D eigenvalue weighted by Crippen LogP contribution is 2.64. The van der Waals surface area contributed by atoms with Crippen LogP contribution in [0.5, 0.6) is 11.5 Å². The molecule has 3 aromatic rings. The number of carboxylic acid groups (broad SMARTS) is 1. The second-order valence-corrected chi connectivity index (χ2v) is 14.0. The van der Waals surface area contributed by atoms with Crippen LogP contribution in [0.2, 0.25) is 5.02 Å². The Hall–Kier alpha value is -5.03. The number of anilines is 1. The van der Waals surface area contributed by atoms with Crippen LogP contribution in [0, 0.1) is 34.9 Å². The van der Waals surface area contributed by atoms with Gasteiger partial charge in [-0.15, -0.1) is 0 Å². The number of allylic oxidation sites excluding steroid dienone is 2. The molecule has 6 atom stereocenters. The molecule has 4 aliphatic rings. The van der Waals surface area contributed by atoms with E-state index in [1.165, 1.54) is 18.2 Å². The second kappa shape index (κ2) is 12.7. The fourth-order valence-corrected chi connectivity index (χ4v) is 8.68. The number of amides is 4. The molecule has 3 aromatic carbocycles. The molecule has 2 heterocycles. The van der Waals surface area contributed by atoms with Gasteiger partial charge in [0.1, 0.15) is 23.9 Å². The first-order valence-corrected chi connectivity index (χ1v) is 16.9. The first kappa shape index (κ1) is 33.5. The highest BCUT2D eigenvalue weighted by atomic mass is 35.5. The van der Waals surface area contributed by atoms with E-state index in [4.69, 9.17) is 21.4 Å². The number of hydrogen-bond acceptors (Lipinski definition) is 7. The molecule has 258 valence electrons. The Morgan fingerprint density at radius 2 is 1.76 bits per heavy atom. The summed E-state index contributed by atoms with van der Waals surface area (Å²) in [7, 11) is 0. The molecule has 0 radical (unpaired) electrons. The first-order chi connectivity index (χ1) is 23.9. The largest absolute Gasteiger partial charge is 0.508 e. The second-order valence-electron chi connectivity index (χ2n) is 13.6. The molecule has 12 heteroatoms. The van der Waals surface area contributed by atoms with Gasteiger partial charge in [0.05, 0.1) is 33.9 Å². The van der Waals surface area contributed by atoms with Crippen LogP contribution >= 0.6 is 11.6 Å². The number of carbonyl (C=O) groups is 5. The number of ether oxygens (including phenoxy) is 1. The lowest BCUT2D eigenvalue weighted by Gasteiger charge is -2.49. The van der Waals surface area contributed by atoms with Gasteiger partial charge in [0.25, 0.3) is 0 Å². The third-order valence-corrected chi connectivity index (χ3v) is 11.2. The molecule has 0 bridgehead atoms. The number of imide groups is 2. The van der Waals surface area contributed by atoms with Gasteiger partial charge >= 0.3 is 5.97 Å². The number of carbonyl (C=O) groups excluding carboxylic acids is 4. The minimum absolute atomic E-state index is 0.0364. The normalized spacial score (nSPS) is 27.2. The fourth-order valence-electron chi connectivity index (χ4n) is 8.50. The lowest BCUT2D eigenvalue weighted by Crippen LogP contribution is -2.48. The van der Waals surface area contributed by atoms with E-state index in [0.717, 1.165) is 21.4 Å². The van der Waals surface area contributed by atoms with Crippen LogP contribution in [0.3, 0.4) is 0 Å². The maximum atomic E-state index is 14.6. The molecule has 1 saturated carbocycles. The average molecular weight is 701 g/mol. The number of phenolic OH excluding ortho intramolecular Hbond substituents is 1. The van der Waals surface area contributed by atoms with Gasteiger partial charge in [0.2, 0.25) is 23.6 Å².